The largest absolute Gasteiger partial charge is 0.462 e. The van der Waals surface area contributed by atoms with Gasteiger partial charge in [0.25, 0.3) is 11.5 Å². The number of anilines is 1. The average molecular weight is 482 g/mol. The van der Waals surface area contributed by atoms with E-state index in [1.165, 1.54) is 11.3 Å². The van der Waals surface area contributed by atoms with Crippen LogP contribution in [0.3, 0.4) is 0 Å². The molecule has 0 bridgehead atoms. The molecule has 0 radical (unpaired) electrons. The number of rotatable bonds is 5. The van der Waals surface area contributed by atoms with Crippen LogP contribution in [0.5, 0.6) is 0 Å². The molecule has 0 unspecified atom stereocenters. The molecule has 0 saturated carbocycles. The van der Waals surface area contributed by atoms with Gasteiger partial charge in [0.05, 0.1) is 22.7 Å². The monoisotopic (exact) mass is 481 g/mol. The predicted molar refractivity (Wildman–Crippen MR) is 136 cm³/mol. The molecule has 0 aliphatic carbocycles. The first-order valence-electron chi connectivity index (χ1n) is 11.6. The highest BCUT2D eigenvalue weighted by atomic mass is 32.1. The van der Waals surface area contributed by atoms with Crippen LogP contribution < -0.4 is 10.5 Å². The fraction of sp³-hybridized carbons (Fsp3) is 0.423. The van der Waals surface area contributed by atoms with E-state index in [4.69, 9.17) is 4.74 Å². The van der Waals surface area contributed by atoms with Gasteiger partial charge in [-0.2, -0.15) is 0 Å². The lowest BCUT2D eigenvalue weighted by Crippen LogP contribution is -2.49. The Labute approximate surface area is 203 Å². The summed E-state index contributed by atoms with van der Waals surface area (Å²) in [6.45, 7) is 10.7. The van der Waals surface area contributed by atoms with Gasteiger partial charge in [-0.25, -0.2) is 4.79 Å². The number of hydrogen-bond donors (Lipinski definition) is 0. The van der Waals surface area contributed by atoms with Crippen LogP contribution >= 0.6 is 11.3 Å². The van der Waals surface area contributed by atoms with Gasteiger partial charge in [0.2, 0.25) is 0 Å². The summed E-state index contributed by atoms with van der Waals surface area (Å²) in [5, 5.41) is 2.74. The maximum Gasteiger partial charge on any atom is 0.345 e. The normalized spacial score (nSPS) is 14.5. The molecule has 1 fully saturated rings. The number of piperazine rings is 1. The van der Waals surface area contributed by atoms with Crippen LogP contribution in [-0.2, 0) is 11.3 Å². The average Bonchev–Trinajstić information content (AvgIpc) is 3.34. The highest BCUT2D eigenvalue weighted by Gasteiger charge is 2.31. The number of esters is 1. The van der Waals surface area contributed by atoms with Crippen LogP contribution in [0.15, 0.2) is 46.6 Å². The van der Waals surface area contributed by atoms with Gasteiger partial charge < -0.3 is 19.1 Å². The van der Waals surface area contributed by atoms with E-state index in [0.717, 1.165) is 15.8 Å². The van der Waals surface area contributed by atoms with Gasteiger partial charge in [-0.1, -0.05) is 45.0 Å². The molecule has 0 atom stereocenters. The van der Waals surface area contributed by atoms with Crippen LogP contribution in [-0.4, -0.2) is 54.1 Å². The Kier molecular flexibility index (Phi) is 6.79. The molecule has 3 aromatic rings. The molecule has 3 heterocycles. The van der Waals surface area contributed by atoms with E-state index in [9.17, 15) is 14.4 Å². The third-order valence-corrected chi connectivity index (χ3v) is 6.73. The van der Waals surface area contributed by atoms with E-state index in [-0.39, 0.29) is 29.1 Å². The second kappa shape index (κ2) is 9.62. The van der Waals surface area contributed by atoms with Gasteiger partial charge in [-0.15, -0.1) is 11.3 Å². The van der Waals surface area contributed by atoms with Gasteiger partial charge in [0, 0.05) is 38.1 Å². The van der Waals surface area contributed by atoms with Crippen molar-refractivity contribution >= 4 is 39.8 Å². The first kappa shape index (κ1) is 24.0. The third kappa shape index (κ3) is 4.73. The highest BCUT2D eigenvalue weighted by molar-refractivity contribution is 7.12. The van der Waals surface area contributed by atoms with Crippen molar-refractivity contribution in [2.45, 2.75) is 34.2 Å². The standard InChI is InChI=1S/C26H31N3O4S/c1-5-33-25(32)21-22(27-12-14-28(15-13-27)23(30)20-11-8-16-34-20)18-9-6-7-10-19(18)29(24(21)31)17-26(2,3)4/h6-11,16H,5,12-15,17H2,1-4H3. The number of thiophene rings is 1. The van der Waals surface area contributed by atoms with Gasteiger partial charge in [0.1, 0.15) is 5.56 Å². The van der Waals surface area contributed by atoms with Crippen LogP contribution in [0.2, 0.25) is 0 Å². The molecule has 0 spiro atoms. The van der Waals surface area contributed by atoms with E-state index < -0.39 is 5.97 Å². The fourth-order valence-corrected chi connectivity index (χ4v) is 5.12. The lowest BCUT2D eigenvalue weighted by atomic mass is 9.96. The minimum Gasteiger partial charge on any atom is -0.462 e. The molecule has 180 valence electrons. The molecule has 34 heavy (non-hydrogen) atoms. The van der Waals surface area contributed by atoms with Crippen molar-refractivity contribution in [1.29, 1.82) is 0 Å². The highest BCUT2D eigenvalue weighted by Crippen LogP contribution is 2.32. The molecule has 0 N–H and O–H groups in total. The molecular formula is C26H31N3O4S. The van der Waals surface area contributed by atoms with Crippen molar-refractivity contribution in [2.75, 3.05) is 37.7 Å². The van der Waals surface area contributed by atoms with E-state index in [0.29, 0.717) is 38.4 Å². The molecule has 1 saturated heterocycles. The first-order valence-corrected chi connectivity index (χ1v) is 12.5. The SMILES string of the molecule is CCOC(=O)c1c(N2CCN(C(=O)c3cccs3)CC2)c2ccccc2n(CC(C)(C)C)c1=O. The van der Waals surface area contributed by atoms with Crippen LogP contribution in [0.1, 0.15) is 47.7 Å². The summed E-state index contributed by atoms with van der Waals surface area (Å²) in [6, 6.07) is 11.4. The van der Waals surface area contributed by atoms with Crippen molar-refractivity contribution in [3.05, 3.63) is 62.6 Å². The van der Waals surface area contributed by atoms with Crippen molar-refractivity contribution in [1.82, 2.24) is 9.47 Å². The molecule has 2 aromatic heterocycles. The Morgan fingerprint density at radius 1 is 1.03 bits per heavy atom. The van der Waals surface area contributed by atoms with Crippen molar-refractivity contribution in [3.8, 4) is 0 Å². The first-order chi connectivity index (χ1) is 16.2. The second-order valence-corrected chi connectivity index (χ2v) is 10.6. The summed E-state index contributed by atoms with van der Waals surface area (Å²) in [4.78, 5) is 44.2. The zero-order chi connectivity index (χ0) is 24.5. The van der Waals surface area contributed by atoms with Crippen molar-refractivity contribution < 1.29 is 14.3 Å². The summed E-state index contributed by atoms with van der Waals surface area (Å²) < 4.78 is 7.04. The summed E-state index contributed by atoms with van der Waals surface area (Å²) in [5.74, 6) is -0.585. The number of carbonyl (C=O) groups excluding carboxylic acids is 2. The van der Waals surface area contributed by atoms with E-state index in [1.54, 1.807) is 11.5 Å². The minimum absolute atomic E-state index is 0.0192. The zero-order valence-corrected chi connectivity index (χ0v) is 21.0. The van der Waals surface area contributed by atoms with E-state index in [2.05, 4.69) is 25.7 Å². The molecule has 8 heteroatoms. The number of amides is 1. The molecule has 4 rings (SSSR count). The van der Waals surface area contributed by atoms with E-state index in [1.807, 2.05) is 46.7 Å². The number of pyridine rings is 1. The summed E-state index contributed by atoms with van der Waals surface area (Å²) in [6.07, 6.45) is 0. The quantitative estimate of drug-likeness (QED) is 0.510. The van der Waals surface area contributed by atoms with Crippen LogP contribution in [0.4, 0.5) is 5.69 Å². The predicted octanol–water partition coefficient (Wildman–Crippen LogP) is 4.25. The van der Waals surface area contributed by atoms with Gasteiger partial charge in [-0.3, -0.25) is 9.59 Å². The Morgan fingerprint density at radius 3 is 2.35 bits per heavy atom. The number of fused-ring (bicyclic) bond motifs is 1. The number of para-hydroxylation sites is 1. The third-order valence-electron chi connectivity index (χ3n) is 5.87. The lowest BCUT2D eigenvalue weighted by Gasteiger charge is -2.37. The number of ether oxygens (including phenoxy) is 1. The maximum atomic E-state index is 13.7. The lowest BCUT2D eigenvalue weighted by molar-refractivity contribution is 0.0523. The van der Waals surface area contributed by atoms with E-state index >= 15 is 0 Å². The molecule has 1 aliphatic rings. The second-order valence-electron chi connectivity index (χ2n) is 9.67. The summed E-state index contributed by atoms with van der Waals surface area (Å²) in [5.41, 5.74) is 0.977. The van der Waals surface area contributed by atoms with Gasteiger partial charge in [-0.05, 0) is 29.9 Å². The van der Waals surface area contributed by atoms with Gasteiger partial charge in [0.15, 0.2) is 0 Å². The molecule has 1 aliphatic heterocycles. The molecule has 1 aromatic carbocycles. The van der Waals surface area contributed by atoms with Crippen molar-refractivity contribution in [3.63, 3.8) is 0 Å². The Morgan fingerprint density at radius 2 is 1.74 bits per heavy atom. The summed E-state index contributed by atoms with van der Waals surface area (Å²) in [7, 11) is 0. The maximum absolute atomic E-state index is 13.7. The molecule has 7 nitrogen and oxygen atoms in total. The Hall–Kier alpha value is -3.13. The van der Waals surface area contributed by atoms with Gasteiger partial charge >= 0.3 is 5.97 Å². The molecule has 1 amide bonds. The Balaban J connectivity index is 1.78. The number of nitrogens with zero attached hydrogens (tertiary/aromatic N) is 3. The smallest absolute Gasteiger partial charge is 0.345 e. The number of benzene rings is 1. The number of hydrogen-bond acceptors (Lipinski definition) is 6. The topological polar surface area (TPSA) is 71.8 Å². The Bertz CT molecular complexity index is 1250. The number of carbonyl (C=O) groups is 2. The van der Waals surface area contributed by atoms with Crippen LogP contribution in [0, 0.1) is 5.41 Å². The van der Waals surface area contributed by atoms with Crippen molar-refractivity contribution in [2.24, 2.45) is 5.41 Å². The molecular weight excluding hydrogens is 450 g/mol. The van der Waals surface area contributed by atoms with Crippen LogP contribution in [0.25, 0.3) is 10.9 Å². The fourth-order valence-electron chi connectivity index (χ4n) is 4.43. The zero-order valence-electron chi connectivity index (χ0n) is 20.2. The number of aromatic nitrogens is 1. The summed E-state index contributed by atoms with van der Waals surface area (Å²) >= 11 is 1.43. The minimum atomic E-state index is -0.604.